The lowest BCUT2D eigenvalue weighted by Crippen LogP contribution is -2.15. The van der Waals surface area contributed by atoms with E-state index >= 15 is 0 Å². The summed E-state index contributed by atoms with van der Waals surface area (Å²) in [6.07, 6.45) is 0.976. The smallest absolute Gasteiger partial charge is 0.175 e. The molecule has 0 aliphatic heterocycles. The van der Waals surface area contributed by atoms with Crippen LogP contribution in [0.15, 0.2) is 16.6 Å². The summed E-state index contributed by atoms with van der Waals surface area (Å²) in [7, 11) is 4.11. The highest BCUT2D eigenvalue weighted by atomic mass is 79.9. The van der Waals surface area contributed by atoms with Crippen LogP contribution in [0.5, 0.6) is 11.5 Å². The van der Waals surface area contributed by atoms with Gasteiger partial charge in [-0.05, 0) is 61.1 Å². The summed E-state index contributed by atoms with van der Waals surface area (Å²) < 4.78 is 12.3. The van der Waals surface area contributed by atoms with E-state index in [2.05, 4.69) is 34.9 Å². The third-order valence-corrected chi connectivity index (χ3v) is 3.19. The van der Waals surface area contributed by atoms with Gasteiger partial charge in [0.1, 0.15) is 0 Å². The van der Waals surface area contributed by atoms with Gasteiger partial charge in [0.25, 0.3) is 0 Å². The van der Waals surface area contributed by atoms with Crippen molar-refractivity contribution in [2.24, 2.45) is 5.73 Å². The van der Waals surface area contributed by atoms with Crippen LogP contribution in [-0.4, -0.2) is 38.8 Å². The summed E-state index contributed by atoms with van der Waals surface area (Å²) in [6, 6.07) is 3.92. The maximum Gasteiger partial charge on any atom is 0.175 e. The molecule has 2 N–H and O–H groups in total. The zero-order valence-electron chi connectivity index (χ0n) is 11.9. The lowest BCUT2D eigenvalue weighted by molar-refractivity contribution is 0.257. The number of benzene rings is 1. The van der Waals surface area contributed by atoms with E-state index in [0.29, 0.717) is 19.8 Å². The first-order chi connectivity index (χ1) is 9.08. The second-order valence-electron chi connectivity index (χ2n) is 4.55. The molecular weight excluding hydrogens is 308 g/mol. The molecule has 0 bridgehead atoms. The fourth-order valence-electron chi connectivity index (χ4n) is 1.70. The van der Waals surface area contributed by atoms with Crippen molar-refractivity contribution < 1.29 is 9.47 Å². The van der Waals surface area contributed by atoms with Gasteiger partial charge in [-0.3, -0.25) is 0 Å². The number of nitrogens with zero attached hydrogens (tertiary/aromatic N) is 1. The third kappa shape index (κ3) is 5.38. The fraction of sp³-hybridized carbons (Fsp3) is 0.571. The molecule has 0 aliphatic rings. The van der Waals surface area contributed by atoms with Gasteiger partial charge in [-0.15, -0.1) is 0 Å². The first-order valence-electron chi connectivity index (χ1n) is 6.51. The molecular formula is C14H23BrN2O2. The average molecular weight is 331 g/mol. The summed E-state index contributed by atoms with van der Waals surface area (Å²) in [4.78, 5) is 2.14. The quantitative estimate of drug-likeness (QED) is 0.744. The topological polar surface area (TPSA) is 47.7 Å². The maximum absolute atomic E-state index is 5.83. The minimum atomic E-state index is 0.486. The van der Waals surface area contributed by atoms with E-state index in [4.69, 9.17) is 15.2 Å². The Morgan fingerprint density at radius 1 is 1.26 bits per heavy atom. The Hall–Kier alpha value is -0.780. The molecule has 1 aromatic rings. The van der Waals surface area contributed by atoms with Crippen molar-refractivity contribution in [1.82, 2.24) is 4.90 Å². The molecule has 0 radical (unpaired) electrons. The van der Waals surface area contributed by atoms with E-state index in [9.17, 15) is 0 Å². The zero-order chi connectivity index (χ0) is 14.3. The lowest BCUT2D eigenvalue weighted by Gasteiger charge is -2.16. The van der Waals surface area contributed by atoms with Crippen LogP contribution in [-0.2, 0) is 6.54 Å². The Morgan fingerprint density at radius 2 is 2.00 bits per heavy atom. The van der Waals surface area contributed by atoms with Gasteiger partial charge in [-0.1, -0.05) is 0 Å². The molecule has 0 spiro atoms. The van der Waals surface area contributed by atoms with E-state index < -0.39 is 0 Å². The first kappa shape index (κ1) is 16.3. The minimum absolute atomic E-state index is 0.486. The number of halogens is 1. The molecule has 0 saturated heterocycles. The summed E-state index contributed by atoms with van der Waals surface area (Å²) >= 11 is 3.52. The summed E-state index contributed by atoms with van der Waals surface area (Å²) in [5.41, 5.74) is 6.69. The SMILES string of the molecule is CCOc1cc(CN)cc(Br)c1OCCCN(C)C. The van der Waals surface area contributed by atoms with E-state index in [0.717, 1.165) is 34.5 Å². The van der Waals surface area contributed by atoms with Crippen LogP contribution in [0.1, 0.15) is 18.9 Å². The van der Waals surface area contributed by atoms with E-state index in [1.165, 1.54) is 0 Å². The number of nitrogens with two attached hydrogens (primary N) is 1. The largest absolute Gasteiger partial charge is 0.490 e. The average Bonchev–Trinajstić information content (AvgIpc) is 2.36. The van der Waals surface area contributed by atoms with Crippen LogP contribution in [0.2, 0.25) is 0 Å². The predicted octanol–water partition coefficient (Wildman–Crippen LogP) is 2.64. The predicted molar refractivity (Wildman–Crippen MR) is 81.9 cm³/mol. The Kier molecular flexibility index (Phi) is 7.20. The molecule has 0 unspecified atom stereocenters. The van der Waals surface area contributed by atoms with Crippen LogP contribution < -0.4 is 15.2 Å². The number of ether oxygens (including phenoxy) is 2. The van der Waals surface area contributed by atoms with Gasteiger partial charge in [-0.25, -0.2) is 0 Å². The molecule has 19 heavy (non-hydrogen) atoms. The normalized spacial score (nSPS) is 10.8. The molecule has 0 saturated carbocycles. The van der Waals surface area contributed by atoms with Crippen molar-refractivity contribution in [2.75, 3.05) is 33.9 Å². The monoisotopic (exact) mass is 330 g/mol. The van der Waals surface area contributed by atoms with Crippen molar-refractivity contribution in [1.29, 1.82) is 0 Å². The first-order valence-corrected chi connectivity index (χ1v) is 7.30. The Bertz CT molecular complexity index is 397. The standard InChI is InChI=1S/C14H23BrN2O2/c1-4-18-13-9-11(10-16)8-12(15)14(13)19-7-5-6-17(2)3/h8-9H,4-7,10,16H2,1-3H3. The van der Waals surface area contributed by atoms with Crippen LogP contribution >= 0.6 is 15.9 Å². The van der Waals surface area contributed by atoms with Crippen LogP contribution in [0.3, 0.4) is 0 Å². The Balaban J connectivity index is 2.74. The van der Waals surface area contributed by atoms with Crippen molar-refractivity contribution in [2.45, 2.75) is 19.9 Å². The van der Waals surface area contributed by atoms with Crippen LogP contribution in [0, 0.1) is 0 Å². The van der Waals surface area contributed by atoms with Gasteiger partial charge in [0, 0.05) is 13.1 Å². The molecule has 0 amide bonds. The Labute approximate surface area is 124 Å². The lowest BCUT2D eigenvalue weighted by atomic mass is 10.2. The molecule has 1 aromatic carbocycles. The van der Waals surface area contributed by atoms with Crippen molar-refractivity contribution >= 4 is 15.9 Å². The van der Waals surface area contributed by atoms with Gasteiger partial charge in [0.2, 0.25) is 0 Å². The Morgan fingerprint density at radius 3 is 2.58 bits per heavy atom. The minimum Gasteiger partial charge on any atom is -0.490 e. The summed E-state index contributed by atoms with van der Waals surface area (Å²) in [6.45, 7) is 4.72. The van der Waals surface area contributed by atoms with E-state index in [1.54, 1.807) is 0 Å². The fourth-order valence-corrected chi connectivity index (χ4v) is 2.30. The molecule has 0 fully saturated rings. The van der Waals surface area contributed by atoms with E-state index in [-0.39, 0.29) is 0 Å². The summed E-state index contributed by atoms with van der Waals surface area (Å²) in [5.74, 6) is 1.51. The second kappa shape index (κ2) is 8.40. The molecule has 4 nitrogen and oxygen atoms in total. The highest BCUT2D eigenvalue weighted by Crippen LogP contribution is 2.36. The molecule has 1 rings (SSSR count). The van der Waals surface area contributed by atoms with Crippen LogP contribution in [0.4, 0.5) is 0 Å². The summed E-state index contributed by atoms with van der Waals surface area (Å²) in [5, 5.41) is 0. The third-order valence-electron chi connectivity index (χ3n) is 2.60. The van der Waals surface area contributed by atoms with Crippen molar-refractivity contribution in [3.63, 3.8) is 0 Å². The van der Waals surface area contributed by atoms with Gasteiger partial charge in [0.05, 0.1) is 17.7 Å². The van der Waals surface area contributed by atoms with Crippen LogP contribution in [0.25, 0.3) is 0 Å². The van der Waals surface area contributed by atoms with Gasteiger partial charge < -0.3 is 20.1 Å². The molecule has 0 aromatic heterocycles. The van der Waals surface area contributed by atoms with Gasteiger partial charge >= 0.3 is 0 Å². The maximum atomic E-state index is 5.83. The highest BCUT2D eigenvalue weighted by molar-refractivity contribution is 9.10. The molecule has 108 valence electrons. The van der Waals surface area contributed by atoms with Crippen molar-refractivity contribution in [3.05, 3.63) is 22.2 Å². The zero-order valence-corrected chi connectivity index (χ0v) is 13.5. The molecule has 0 aliphatic carbocycles. The van der Waals surface area contributed by atoms with Crippen molar-refractivity contribution in [3.8, 4) is 11.5 Å². The number of rotatable bonds is 8. The second-order valence-corrected chi connectivity index (χ2v) is 5.40. The molecule has 0 atom stereocenters. The van der Waals surface area contributed by atoms with E-state index in [1.807, 2.05) is 19.1 Å². The molecule has 5 heteroatoms. The molecule has 0 heterocycles. The number of hydrogen-bond donors (Lipinski definition) is 1. The number of hydrogen-bond acceptors (Lipinski definition) is 4. The highest BCUT2D eigenvalue weighted by Gasteiger charge is 2.11. The van der Waals surface area contributed by atoms with Gasteiger partial charge in [0.15, 0.2) is 11.5 Å². The van der Waals surface area contributed by atoms with Gasteiger partial charge in [-0.2, -0.15) is 0 Å².